The lowest BCUT2D eigenvalue weighted by Crippen LogP contribution is -2.24. The molecular weight excluding hydrogens is 243 g/mol. The Balaban J connectivity index is 2.72. The summed E-state index contributed by atoms with van der Waals surface area (Å²) < 4.78 is 38.2. The van der Waals surface area contributed by atoms with Crippen LogP contribution in [0.4, 0.5) is 19.0 Å². The lowest BCUT2D eigenvalue weighted by molar-refractivity contribution is -0.137. The van der Waals surface area contributed by atoms with Crippen LogP contribution in [0.25, 0.3) is 0 Å². The van der Waals surface area contributed by atoms with Gasteiger partial charge in [0.05, 0.1) is 5.56 Å². The topological polar surface area (TPSA) is 28.2 Å². The fraction of sp³-hybridized carbons (Fsp3) is 0.583. The van der Waals surface area contributed by atoms with Crippen molar-refractivity contribution in [2.24, 2.45) is 0 Å². The molecule has 0 spiro atoms. The van der Waals surface area contributed by atoms with Gasteiger partial charge in [-0.15, -0.1) is 0 Å². The molecule has 18 heavy (non-hydrogen) atoms. The van der Waals surface area contributed by atoms with Crippen molar-refractivity contribution in [2.45, 2.75) is 25.6 Å². The van der Waals surface area contributed by atoms with Gasteiger partial charge in [0.2, 0.25) is 0 Å². The number of rotatable bonds is 5. The Kier molecular flexibility index (Phi) is 4.95. The maximum Gasteiger partial charge on any atom is 0.419 e. The van der Waals surface area contributed by atoms with Crippen LogP contribution in [-0.4, -0.2) is 36.6 Å². The smallest absolute Gasteiger partial charge is 0.367 e. The summed E-state index contributed by atoms with van der Waals surface area (Å²) in [5.74, 6) is -0.101. The molecule has 0 aliphatic rings. The third-order valence-corrected chi connectivity index (χ3v) is 2.51. The van der Waals surface area contributed by atoms with E-state index in [1.165, 1.54) is 12.3 Å². The van der Waals surface area contributed by atoms with Crippen molar-refractivity contribution in [3.8, 4) is 0 Å². The van der Waals surface area contributed by atoms with E-state index in [0.717, 1.165) is 19.0 Å². The number of hydrogen-bond donors (Lipinski definition) is 1. The molecular formula is C12H18F3N3. The molecule has 0 amide bonds. The summed E-state index contributed by atoms with van der Waals surface area (Å²) in [7, 11) is 3.85. The zero-order valence-electron chi connectivity index (χ0n) is 10.8. The third-order valence-electron chi connectivity index (χ3n) is 2.51. The molecule has 0 radical (unpaired) electrons. The van der Waals surface area contributed by atoms with Crippen molar-refractivity contribution in [3.63, 3.8) is 0 Å². The summed E-state index contributed by atoms with van der Waals surface area (Å²) in [6.07, 6.45) is -2.27. The molecule has 0 saturated carbocycles. The van der Waals surface area contributed by atoms with Gasteiger partial charge in [0.25, 0.3) is 0 Å². The highest BCUT2D eigenvalue weighted by Crippen LogP contribution is 2.33. The summed E-state index contributed by atoms with van der Waals surface area (Å²) in [5, 5.41) is 2.81. The maximum absolute atomic E-state index is 12.7. The van der Waals surface area contributed by atoms with Crippen LogP contribution in [0.3, 0.4) is 0 Å². The molecule has 3 nitrogen and oxygen atoms in total. The number of hydrogen-bond acceptors (Lipinski definition) is 3. The number of nitrogens with one attached hydrogen (secondary N) is 1. The lowest BCUT2D eigenvalue weighted by atomic mass is 10.2. The molecule has 0 fully saturated rings. The van der Waals surface area contributed by atoms with Crippen LogP contribution >= 0.6 is 0 Å². The summed E-state index contributed by atoms with van der Waals surface area (Å²) in [4.78, 5) is 5.75. The predicted molar refractivity (Wildman–Crippen MR) is 65.5 cm³/mol. The zero-order valence-corrected chi connectivity index (χ0v) is 10.8. The second-order valence-corrected chi connectivity index (χ2v) is 4.53. The Bertz CT molecular complexity index is 377. The summed E-state index contributed by atoms with van der Waals surface area (Å²) >= 11 is 0. The number of anilines is 1. The Morgan fingerprint density at radius 2 is 2.06 bits per heavy atom. The van der Waals surface area contributed by atoms with Crippen LogP contribution in [-0.2, 0) is 6.18 Å². The molecule has 102 valence electrons. The van der Waals surface area contributed by atoms with Gasteiger partial charge in [-0.3, -0.25) is 0 Å². The van der Waals surface area contributed by atoms with Gasteiger partial charge >= 0.3 is 6.18 Å². The van der Waals surface area contributed by atoms with Gasteiger partial charge in [-0.2, -0.15) is 13.2 Å². The van der Waals surface area contributed by atoms with Gasteiger partial charge in [-0.05, 0) is 46.1 Å². The fourth-order valence-electron chi connectivity index (χ4n) is 1.51. The van der Waals surface area contributed by atoms with Gasteiger partial charge in [-0.1, -0.05) is 0 Å². The molecule has 6 heteroatoms. The van der Waals surface area contributed by atoms with Crippen molar-refractivity contribution in [1.82, 2.24) is 9.88 Å². The average Bonchev–Trinajstić information content (AvgIpc) is 2.25. The first-order valence-corrected chi connectivity index (χ1v) is 5.74. The van der Waals surface area contributed by atoms with Crippen LogP contribution < -0.4 is 5.32 Å². The number of halogens is 3. The van der Waals surface area contributed by atoms with Crippen LogP contribution in [0, 0.1) is 0 Å². The first-order valence-electron chi connectivity index (χ1n) is 5.74. The predicted octanol–water partition coefficient (Wildman–Crippen LogP) is 2.85. The minimum absolute atomic E-state index is 0.0663. The normalized spacial score (nSPS) is 13.7. The minimum atomic E-state index is -4.38. The standard InChI is InChI=1S/C12H18F3N3/c1-9(6-8-18(2)3)17-11-10(12(13,14)15)5-4-7-16-11/h4-5,7,9H,6,8H2,1-3H3,(H,16,17). The van der Waals surface area contributed by atoms with E-state index < -0.39 is 11.7 Å². The number of alkyl halides is 3. The average molecular weight is 261 g/mol. The first-order chi connectivity index (χ1) is 8.30. The Labute approximate surface area is 105 Å². The minimum Gasteiger partial charge on any atom is -0.367 e. The Morgan fingerprint density at radius 3 is 2.61 bits per heavy atom. The second kappa shape index (κ2) is 6.04. The molecule has 1 aromatic rings. The van der Waals surface area contributed by atoms with Crippen molar-refractivity contribution in [3.05, 3.63) is 23.9 Å². The SMILES string of the molecule is CC(CCN(C)C)Nc1ncccc1C(F)(F)F. The summed E-state index contributed by atoms with van der Waals surface area (Å²) in [5.41, 5.74) is -0.721. The third kappa shape index (κ3) is 4.52. The number of pyridine rings is 1. The van der Waals surface area contributed by atoms with E-state index >= 15 is 0 Å². The molecule has 0 aliphatic heterocycles. The Morgan fingerprint density at radius 1 is 1.39 bits per heavy atom. The highest BCUT2D eigenvalue weighted by molar-refractivity contribution is 5.46. The zero-order chi connectivity index (χ0) is 13.8. The summed E-state index contributed by atoms with van der Waals surface area (Å²) in [6.45, 7) is 2.65. The second-order valence-electron chi connectivity index (χ2n) is 4.53. The van der Waals surface area contributed by atoms with E-state index in [-0.39, 0.29) is 11.9 Å². The van der Waals surface area contributed by atoms with E-state index in [0.29, 0.717) is 0 Å². The van der Waals surface area contributed by atoms with Gasteiger partial charge in [0, 0.05) is 12.2 Å². The van der Waals surface area contributed by atoms with Gasteiger partial charge < -0.3 is 10.2 Å². The van der Waals surface area contributed by atoms with Crippen molar-refractivity contribution in [1.29, 1.82) is 0 Å². The Hall–Kier alpha value is -1.30. The quantitative estimate of drug-likeness (QED) is 0.883. The van der Waals surface area contributed by atoms with Gasteiger partial charge in [0.15, 0.2) is 0 Å². The van der Waals surface area contributed by atoms with Crippen LogP contribution in [0.2, 0.25) is 0 Å². The molecule has 1 heterocycles. The highest BCUT2D eigenvalue weighted by atomic mass is 19.4. The molecule has 1 aromatic heterocycles. The highest BCUT2D eigenvalue weighted by Gasteiger charge is 2.34. The molecule has 0 aliphatic carbocycles. The van der Waals surface area contributed by atoms with Gasteiger partial charge in [0.1, 0.15) is 5.82 Å². The number of aromatic nitrogens is 1. The maximum atomic E-state index is 12.7. The van der Waals surface area contributed by atoms with E-state index in [1.54, 1.807) is 0 Å². The summed E-state index contributed by atoms with van der Waals surface area (Å²) in [6, 6.07) is 2.26. The van der Waals surface area contributed by atoms with Crippen LogP contribution in [0.5, 0.6) is 0 Å². The molecule has 1 unspecified atom stereocenters. The fourth-order valence-corrected chi connectivity index (χ4v) is 1.51. The molecule has 1 rings (SSSR count). The first kappa shape index (κ1) is 14.8. The van der Waals surface area contributed by atoms with E-state index in [1.807, 2.05) is 25.9 Å². The largest absolute Gasteiger partial charge is 0.419 e. The molecule has 1 atom stereocenters. The van der Waals surface area contributed by atoms with Crippen molar-refractivity contribution in [2.75, 3.05) is 26.0 Å². The van der Waals surface area contributed by atoms with Crippen molar-refractivity contribution < 1.29 is 13.2 Å². The van der Waals surface area contributed by atoms with Crippen LogP contribution in [0.1, 0.15) is 18.9 Å². The van der Waals surface area contributed by atoms with Gasteiger partial charge in [-0.25, -0.2) is 4.98 Å². The lowest BCUT2D eigenvalue weighted by Gasteiger charge is -2.19. The molecule has 0 aromatic carbocycles. The molecule has 1 N–H and O–H groups in total. The van der Waals surface area contributed by atoms with E-state index in [2.05, 4.69) is 10.3 Å². The van der Waals surface area contributed by atoms with E-state index in [4.69, 9.17) is 0 Å². The van der Waals surface area contributed by atoms with Crippen LogP contribution in [0.15, 0.2) is 18.3 Å². The van der Waals surface area contributed by atoms with E-state index in [9.17, 15) is 13.2 Å². The molecule has 0 saturated heterocycles. The van der Waals surface area contributed by atoms with Crippen molar-refractivity contribution >= 4 is 5.82 Å². The number of nitrogens with zero attached hydrogens (tertiary/aromatic N) is 2. The molecule has 0 bridgehead atoms. The monoisotopic (exact) mass is 261 g/mol.